The summed E-state index contributed by atoms with van der Waals surface area (Å²) in [6.07, 6.45) is 2.11. The Morgan fingerprint density at radius 3 is 3.15 bits per heavy atom. The topological polar surface area (TPSA) is 52.6 Å². The second kappa shape index (κ2) is 3.64. The molecule has 2 aliphatic rings. The third-order valence-corrected chi connectivity index (χ3v) is 3.00. The lowest BCUT2D eigenvalue weighted by Gasteiger charge is -2.23. The van der Waals surface area contributed by atoms with Crippen molar-refractivity contribution in [3.05, 3.63) is 0 Å². The first-order chi connectivity index (χ1) is 6.33. The molecule has 1 amide bonds. The molecule has 13 heavy (non-hydrogen) atoms. The van der Waals surface area contributed by atoms with Crippen LogP contribution in [0.1, 0.15) is 12.8 Å². The van der Waals surface area contributed by atoms with Crippen LogP contribution in [0.3, 0.4) is 0 Å². The third kappa shape index (κ3) is 1.56. The summed E-state index contributed by atoms with van der Waals surface area (Å²) in [6, 6.07) is 0.341. The summed E-state index contributed by atoms with van der Waals surface area (Å²) in [5, 5.41) is 12.1. The maximum Gasteiger partial charge on any atom is 0.227 e. The largest absolute Gasteiger partial charge is 0.395 e. The highest BCUT2D eigenvalue weighted by Crippen LogP contribution is 2.25. The van der Waals surface area contributed by atoms with Gasteiger partial charge in [0, 0.05) is 19.1 Å². The van der Waals surface area contributed by atoms with Gasteiger partial charge in [0.05, 0.1) is 12.5 Å². The molecule has 74 valence electrons. The molecule has 0 aromatic heterocycles. The van der Waals surface area contributed by atoms with Gasteiger partial charge in [0.25, 0.3) is 0 Å². The van der Waals surface area contributed by atoms with Gasteiger partial charge in [-0.05, 0) is 19.4 Å². The molecule has 0 aromatic carbocycles. The minimum absolute atomic E-state index is 0.0746. The number of fused-ring (bicyclic) bond motifs is 1. The number of carbonyl (C=O) groups excluding carboxylic acids is 1. The molecule has 2 heterocycles. The van der Waals surface area contributed by atoms with E-state index in [1.807, 2.05) is 0 Å². The van der Waals surface area contributed by atoms with Gasteiger partial charge in [-0.2, -0.15) is 0 Å². The van der Waals surface area contributed by atoms with Crippen LogP contribution in [-0.4, -0.2) is 48.2 Å². The summed E-state index contributed by atoms with van der Waals surface area (Å²) < 4.78 is 0. The van der Waals surface area contributed by atoms with E-state index >= 15 is 0 Å². The summed E-state index contributed by atoms with van der Waals surface area (Å²) in [6.45, 7) is 2.38. The summed E-state index contributed by atoms with van der Waals surface area (Å²) in [7, 11) is 0. The molecule has 2 atom stereocenters. The number of nitrogens with zero attached hydrogens (tertiary/aromatic N) is 1. The monoisotopic (exact) mass is 184 g/mol. The van der Waals surface area contributed by atoms with Gasteiger partial charge in [-0.1, -0.05) is 0 Å². The minimum Gasteiger partial charge on any atom is -0.395 e. The van der Waals surface area contributed by atoms with Gasteiger partial charge in [0.2, 0.25) is 5.91 Å². The lowest BCUT2D eigenvalue weighted by Crippen LogP contribution is -2.41. The molecule has 0 radical (unpaired) electrons. The van der Waals surface area contributed by atoms with Crippen LogP contribution < -0.4 is 5.32 Å². The highest BCUT2D eigenvalue weighted by molar-refractivity contribution is 5.82. The van der Waals surface area contributed by atoms with E-state index in [4.69, 9.17) is 5.11 Å². The Kier molecular flexibility index (Phi) is 2.51. The zero-order chi connectivity index (χ0) is 9.26. The molecular weight excluding hydrogens is 168 g/mol. The van der Waals surface area contributed by atoms with Crippen molar-refractivity contribution in [2.45, 2.75) is 18.9 Å². The van der Waals surface area contributed by atoms with Crippen LogP contribution in [0.25, 0.3) is 0 Å². The average molecular weight is 184 g/mol. The minimum atomic E-state index is 0.0746. The number of carbonyl (C=O) groups is 1. The molecule has 2 N–H and O–H groups in total. The Morgan fingerprint density at radius 1 is 1.62 bits per heavy atom. The molecule has 2 fully saturated rings. The Hall–Kier alpha value is -0.610. The van der Waals surface area contributed by atoms with E-state index in [-0.39, 0.29) is 18.4 Å². The van der Waals surface area contributed by atoms with E-state index in [1.54, 1.807) is 4.90 Å². The number of hydrogen-bond donors (Lipinski definition) is 2. The van der Waals surface area contributed by atoms with E-state index in [2.05, 4.69) is 5.32 Å². The molecule has 4 nitrogen and oxygen atoms in total. The van der Waals surface area contributed by atoms with Gasteiger partial charge >= 0.3 is 0 Å². The van der Waals surface area contributed by atoms with E-state index in [1.165, 1.54) is 0 Å². The first-order valence-corrected chi connectivity index (χ1v) is 4.96. The molecule has 2 aliphatic heterocycles. The van der Waals surface area contributed by atoms with Crippen molar-refractivity contribution < 1.29 is 9.90 Å². The van der Waals surface area contributed by atoms with Crippen LogP contribution in [0, 0.1) is 5.92 Å². The highest BCUT2D eigenvalue weighted by atomic mass is 16.3. The number of amides is 1. The van der Waals surface area contributed by atoms with Crippen molar-refractivity contribution in [3.8, 4) is 0 Å². The van der Waals surface area contributed by atoms with Gasteiger partial charge in [0.15, 0.2) is 0 Å². The fourth-order valence-corrected chi connectivity index (χ4v) is 2.32. The molecule has 0 aromatic rings. The van der Waals surface area contributed by atoms with Gasteiger partial charge in [-0.15, -0.1) is 0 Å². The number of β-amino-alcohol motifs (C(OH)–C–C–N with tert-alkyl or cyclic N) is 1. The molecule has 2 rings (SSSR count). The molecule has 0 saturated carbocycles. The Balaban J connectivity index is 2.01. The zero-order valence-electron chi connectivity index (χ0n) is 7.70. The normalized spacial score (nSPS) is 33.6. The lowest BCUT2D eigenvalue weighted by atomic mass is 9.94. The zero-order valence-corrected chi connectivity index (χ0v) is 7.70. The fourth-order valence-electron chi connectivity index (χ4n) is 2.32. The average Bonchev–Trinajstić information content (AvgIpc) is 2.46. The highest BCUT2D eigenvalue weighted by Gasteiger charge is 2.40. The number of hydrogen-bond acceptors (Lipinski definition) is 3. The number of likely N-dealkylation sites (tertiary alicyclic amines) is 1. The van der Waals surface area contributed by atoms with Crippen LogP contribution in [0.5, 0.6) is 0 Å². The summed E-state index contributed by atoms with van der Waals surface area (Å²) in [5.41, 5.74) is 0. The number of rotatable bonds is 2. The van der Waals surface area contributed by atoms with Crippen molar-refractivity contribution >= 4 is 5.91 Å². The van der Waals surface area contributed by atoms with Crippen molar-refractivity contribution in [2.24, 2.45) is 5.92 Å². The number of aliphatic hydroxyl groups is 1. The van der Waals surface area contributed by atoms with E-state index in [0.717, 1.165) is 25.9 Å². The van der Waals surface area contributed by atoms with Crippen LogP contribution in [0.2, 0.25) is 0 Å². The molecule has 0 bridgehead atoms. The lowest BCUT2D eigenvalue weighted by molar-refractivity contribution is -0.131. The molecule has 0 aliphatic carbocycles. The maximum absolute atomic E-state index is 11.7. The van der Waals surface area contributed by atoms with Crippen LogP contribution >= 0.6 is 0 Å². The van der Waals surface area contributed by atoms with Crippen LogP contribution in [0.4, 0.5) is 0 Å². The number of aliphatic hydroxyl groups excluding tert-OH is 1. The second-order valence-corrected chi connectivity index (χ2v) is 3.82. The third-order valence-electron chi connectivity index (χ3n) is 3.00. The van der Waals surface area contributed by atoms with E-state index < -0.39 is 0 Å². The van der Waals surface area contributed by atoms with Gasteiger partial charge in [-0.25, -0.2) is 0 Å². The summed E-state index contributed by atoms with van der Waals surface area (Å²) in [4.78, 5) is 13.5. The summed E-state index contributed by atoms with van der Waals surface area (Å²) >= 11 is 0. The van der Waals surface area contributed by atoms with Gasteiger partial charge in [-0.3, -0.25) is 4.79 Å². The first-order valence-electron chi connectivity index (χ1n) is 4.96. The standard InChI is InChI=1S/C9H16N2O2/c12-5-4-11-6-8-7(9(11)13)2-1-3-10-8/h7-8,10,12H,1-6H2. The summed E-state index contributed by atoms with van der Waals surface area (Å²) in [5.74, 6) is 0.409. The molecule has 0 spiro atoms. The quantitative estimate of drug-likeness (QED) is 0.590. The maximum atomic E-state index is 11.7. The van der Waals surface area contributed by atoms with Crippen molar-refractivity contribution in [1.82, 2.24) is 10.2 Å². The molecule has 2 unspecified atom stereocenters. The van der Waals surface area contributed by atoms with Crippen molar-refractivity contribution in [3.63, 3.8) is 0 Å². The number of piperidine rings is 1. The Labute approximate surface area is 77.9 Å². The fraction of sp³-hybridized carbons (Fsp3) is 0.889. The predicted octanol–water partition coefficient (Wildman–Crippen LogP) is -0.811. The van der Waals surface area contributed by atoms with E-state index in [9.17, 15) is 4.79 Å². The Morgan fingerprint density at radius 2 is 2.46 bits per heavy atom. The first kappa shape index (κ1) is 8.97. The molecule has 2 saturated heterocycles. The van der Waals surface area contributed by atoms with Crippen molar-refractivity contribution in [1.29, 1.82) is 0 Å². The SMILES string of the molecule is O=C1C2CCCNC2CN1CCO. The predicted molar refractivity (Wildman–Crippen MR) is 48.2 cm³/mol. The van der Waals surface area contributed by atoms with Crippen molar-refractivity contribution in [2.75, 3.05) is 26.2 Å². The van der Waals surface area contributed by atoms with Crippen LogP contribution in [-0.2, 0) is 4.79 Å². The second-order valence-electron chi connectivity index (χ2n) is 3.82. The van der Waals surface area contributed by atoms with Gasteiger partial charge in [0.1, 0.15) is 0 Å². The number of nitrogens with one attached hydrogen (secondary N) is 1. The van der Waals surface area contributed by atoms with Crippen LogP contribution in [0.15, 0.2) is 0 Å². The van der Waals surface area contributed by atoms with Gasteiger partial charge < -0.3 is 15.3 Å². The van der Waals surface area contributed by atoms with E-state index in [0.29, 0.717) is 12.6 Å². The molecular formula is C9H16N2O2. The molecule has 4 heteroatoms. The Bertz CT molecular complexity index is 208. The smallest absolute Gasteiger partial charge is 0.227 e.